The Morgan fingerprint density at radius 1 is 0.444 bits per heavy atom. The zero-order chi connectivity index (χ0) is 36.2. The first-order valence-electron chi connectivity index (χ1n) is 18.4. The molecule has 0 fully saturated rings. The Hall–Kier alpha value is -7.10. The van der Waals surface area contributed by atoms with Gasteiger partial charge in [-0.1, -0.05) is 164 Å². The van der Waals surface area contributed by atoms with Crippen LogP contribution in [0.4, 0.5) is 0 Å². The molecule has 10 rings (SSSR count). The predicted molar refractivity (Wildman–Crippen MR) is 231 cm³/mol. The maximum atomic E-state index is 5.49. The molecule has 0 bridgehead atoms. The van der Waals surface area contributed by atoms with E-state index >= 15 is 0 Å². The molecule has 1 aromatic heterocycles. The fraction of sp³-hybridized carbons (Fsp3) is 0.0196. The van der Waals surface area contributed by atoms with Gasteiger partial charge in [0.25, 0.3) is 0 Å². The van der Waals surface area contributed by atoms with E-state index in [4.69, 9.17) is 9.98 Å². The van der Waals surface area contributed by atoms with E-state index in [0.717, 1.165) is 44.5 Å². The molecule has 0 amide bonds. The fourth-order valence-electron chi connectivity index (χ4n) is 8.21. The first-order valence-corrected chi connectivity index (χ1v) is 18.4. The molecule has 0 aliphatic rings. The van der Waals surface area contributed by atoms with Gasteiger partial charge in [-0.15, -0.1) is 0 Å². The highest BCUT2D eigenvalue weighted by molar-refractivity contribution is 6.26. The quantitative estimate of drug-likeness (QED) is 0.0978. The van der Waals surface area contributed by atoms with E-state index in [1.807, 2.05) is 30.3 Å². The molecule has 0 N–H and O–H groups in total. The van der Waals surface area contributed by atoms with Crippen LogP contribution in [0.1, 0.15) is 23.6 Å². The van der Waals surface area contributed by atoms with Gasteiger partial charge in [0, 0.05) is 27.6 Å². The summed E-state index contributed by atoms with van der Waals surface area (Å²) in [6.45, 7) is 6.55. The number of hydrogen-bond acceptors (Lipinski definition) is 1. The Morgan fingerprint density at radius 2 is 1.04 bits per heavy atom. The summed E-state index contributed by atoms with van der Waals surface area (Å²) in [5.41, 5.74) is 7.85. The van der Waals surface area contributed by atoms with Gasteiger partial charge < -0.3 is 4.57 Å². The van der Waals surface area contributed by atoms with E-state index in [1.54, 1.807) is 0 Å². The van der Waals surface area contributed by atoms with Gasteiger partial charge >= 0.3 is 0 Å². The van der Waals surface area contributed by atoms with Gasteiger partial charge in [0.05, 0.1) is 22.4 Å². The molecule has 0 aliphatic heterocycles. The van der Waals surface area contributed by atoms with Crippen molar-refractivity contribution in [3.63, 3.8) is 0 Å². The first-order chi connectivity index (χ1) is 26.6. The van der Waals surface area contributed by atoms with E-state index in [2.05, 4.69) is 170 Å². The molecule has 0 aliphatic carbocycles. The fourth-order valence-corrected chi connectivity index (χ4v) is 8.21. The molecule has 0 saturated carbocycles. The molecule has 0 atom stereocenters. The lowest BCUT2D eigenvalue weighted by atomic mass is 9.93. The van der Waals surface area contributed by atoms with Crippen molar-refractivity contribution in [3.05, 3.63) is 205 Å². The van der Waals surface area contributed by atoms with Gasteiger partial charge in [-0.2, -0.15) is 0 Å². The van der Waals surface area contributed by atoms with Crippen molar-refractivity contribution >= 4 is 82.1 Å². The molecule has 54 heavy (non-hydrogen) atoms. The highest BCUT2D eigenvalue weighted by Crippen LogP contribution is 2.38. The second-order valence-electron chi connectivity index (χ2n) is 13.8. The van der Waals surface area contributed by atoms with Gasteiger partial charge in [0.1, 0.15) is 0 Å². The summed E-state index contributed by atoms with van der Waals surface area (Å²) in [5.74, 6) is 0.621. The summed E-state index contributed by atoms with van der Waals surface area (Å²) >= 11 is 0. The monoisotopic (exact) mass is 689 g/mol. The third-order valence-corrected chi connectivity index (χ3v) is 10.7. The highest BCUT2D eigenvalue weighted by atomic mass is 15.0. The van der Waals surface area contributed by atoms with Gasteiger partial charge in [-0.3, -0.25) is 0 Å². The summed E-state index contributed by atoms with van der Waals surface area (Å²) in [6, 6.07) is 64.5. The molecule has 10 aromatic rings. The minimum Gasteiger partial charge on any atom is -0.309 e. The van der Waals surface area contributed by atoms with Gasteiger partial charge in [-0.25, -0.2) is 9.98 Å². The third kappa shape index (κ3) is 5.13. The van der Waals surface area contributed by atoms with Gasteiger partial charge in [0.2, 0.25) is 0 Å². The largest absolute Gasteiger partial charge is 0.309 e. The van der Waals surface area contributed by atoms with E-state index < -0.39 is 0 Å². The Bertz CT molecular complexity index is 3180. The standard InChI is InChI=1S/C51H35N3/c1-33(35-16-4-3-5-17-35)52-51(46-32-45-39-21-8-6-18-36(39)28-30-43(45)41-23-10-11-24-42(41)46)53-34(2)38-20-12-14-26-47(38)54-48-27-15-13-25-44(48)50-40-22-9-7-19-37(40)29-31-49(50)54/h3-32H,1H2,2H3/b52-51-,53-34+. The number of benzene rings is 9. The van der Waals surface area contributed by atoms with Crippen LogP contribution in [0.2, 0.25) is 0 Å². The zero-order valence-corrected chi connectivity index (χ0v) is 29.9. The lowest BCUT2D eigenvalue weighted by Gasteiger charge is -2.16. The number of fused-ring (bicyclic) bond motifs is 10. The molecule has 0 spiro atoms. The maximum Gasteiger partial charge on any atom is 0.160 e. The maximum absolute atomic E-state index is 5.49. The minimum absolute atomic E-state index is 0.621. The molecule has 1 heterocycles. The van der Waals surface area contributed by atoms with Crippen LogP contribution in [0.3, 0.4) is 0 Å². The number of rotatable bonds is 5. The summed E-state index contributed by atoms with van der Waals surface area (Å²) in [5, 5.41) is 12.0. The Balaban J connectivity index is 1.23. The molecular weight excluding hydrogens is 655 g/mol. The smallest absolute Gasteiger partial charge is 0.160 e. The lowest BCUT2D eigenvalue weighted by molar-refractivity contribution is 1.17. The number of nitrogens with zero attached hydrogens (tertiary/aromatic N) is 3. The Morgan fingerprint density at radius 3 is 1.85 bits per heavy atom. The first kappa shape index (κ1) is 31.6. The molecule has 3 heteroatoms. The average Bonchev–Trinajstić information content (AvgIpc) is 3.58. The van der Waals surface area contributed by atoms with Crippen LogP contribution in [0, 0.1) is 0 Å². The highest BCUT2D eigenvalue weighted by Gasteiger charge is 2.19. The van der Waals surface area contributed by atoms with E-state index in [1.165, 1.54) is 48.5 Å². The Kier molecular flexibility index (Phi) is 7.52. The van der Waals surface area contributed by atoms with Crippen molar-refractivity contribution in [1.29, 1.82) is 0 Å². The minimum atomic E-state index is 0.621. The Labute approximate surface area is 313 Å². The summed E-state index contributed by atoms with van der Waals surface area (Å²) in [7, 11) is 0. The topological polar surface area (TPSA) is 29.6 Å². The van der Waals surface area contributed by atoms with Crippen molar-refractivity contribution in [2.45, 2.75) is 6.92 Å². The number of aromatic nitrogens is 1. The van der Waals surface area contributed by atoms with Crippen molar-refractivity contribution in [2.24, 2.45) is 9.98 Å². The molecule has 3 nitrogen and oxygen atoms in total. The molecule has 9 aromatic carbocycles. The molecule has 0 saturated heterocycles. The number of amidine groups is 1. The molecule has 0 unspecified atom stereocenters. The van der Waals surface area contributed by atoms with Crippen LogP contribution < -0.4 is 0 Å². The number of para-hydroxylation sites is 2. The van der Waals surface area contributed by atoms with Crippen LogP contribution >= 0.6 is 0 Å². The number of hydrogen-bond donors (Lipinski definition) is 0. The van der Waals surface area contributed by atoms with Crippen molar-refractivity contribution < 1.29 is 0 Å². The van der Waals surface area contributed by atoms with E-state index in [0.29, 0.717) is 11.5 Å². The summed E-state index contributed by atoms with van der Waals surface area (Å²) in [4.78, 5) is 10.8. The second kappa shape index (κ2) is 12.8. The predicted octanol–water partition coefficient (Wildman–Crippen LogP) is 13.3. The van der Waals surface area contributed by atoms with Gasteiger partial charge in [-0.05, 0) is 79.8 Å². The van der Waals surface area contributed by atoms with Crippen LogP contribution in [-0.2, 0) is 0 Å². The summed E-state index contributed by atoms with van der Waals surface area (Å²) in [6.07, 6.45) is 0. The van der Waals surface area contributed by atoms with Crippen LogP contribution in [0.15, 0.2) is 199 Å². The molecule has 0 radical (unpaired) electrons. The summed E-state index contributed by atoms with van der Waals surface area (Å²) < 4.78 is 2.39. The number of aliphatic imine (C=N–C) groups is 2. The van der Waals surface area contributed by atoms with Gasteiger partial charge in [0.15, 0.2) is 5.84 Å². The average molecular weight is 690 g/mol. The van der Waals surface area contributed by atoms with Crippen LogP contribution in [0.25, 0.3) is 76.3 Å². The molecule has 254 valence electrons. The van der Waals surface area contributed by atoms with Crippen LogP contribution in [-0.4, -0.2) is 16.1 Å². The lowest BCUT2D eigenvalue weighted by Crippen LogP contribution is -2.08. The normalized spacial score (nSPS) is 12.5. The second-order valence-corrected chi connectivity index (χ2v) is 13.8. The van der Waals surface area contributed by atoms with E-state index in [9.17, 15) is 0 Å². The van der Waals surface area contributed by atoms with Crippen molar-refractivity contribution in [2.75, 3.05) is 0 Å². The van der Waals surface area contributed by atoms with Crippen molar-refractivity contribution in [1.82, 2.24) is 4.57 Å². The van der Waals surface area contributed by atoms with E-state index in [-0.39, 0.29) is 0 Å². The third-order valence-electron chi connectivity index (χ3n) is 10.7. The molecular formula is C51H35N3. The SMILES string of the molecule is C=C(/N=C(\N=C(/C)c1ccccc1-n1c2ccccc2c2c3ccccc3ccc21)c1cc2c3ccccc3ccc2c2ccccc12)c1ccccc1. The van der Waals surface area contributed by atoms with Crippen LogP contribution in [0.5, 0.6) is 0 Å². The zero-order valence-electron chi connectivity index (χ0n) is 29.9. The van der Waals surface area contributed by atoms with Crippen molar-refractivity contribution in [3.8, 4) is 5.69 Å².